The van der Waals surface area contributed by atoms with E-state index in [-0.39, 0.29) is 11.9 Å². The standard InChI is InChI=1S/C14H23N5O2/c1-18(2)12-6-5-10(15)9-11(12)13(20)16-7-8-17-14(21)19(3)4/h5-6,9H,7-8,15H2,1-4H3,(H,16,20)(H,17,21). The zero-order chi connectivity index (χ0) is 16.0. The highest BCUT2D eigenvalue weighted by atomic mass is 16.2. The smallest absolute Gasteiger partial charge is 0.316 e. The van der Waals surface area contributed by atoms with E-state index in [1.54, 1.807) is 32.3 Å². The number of hydrogen-bond donors (Lipinski definition) is 3. The minimum Gasteiger partial charge on any atom is -0.399 e. The predicted octanol–water partition coefficient (Wildman–Crippen LogP) is 0.336. The first-order valence-corrected chi connectivity index (χ1v) is 6.63. The van der Waals surface area contributed by atoms with E-state index in [4.69, 9.17) is 5.73 Å². The van der Waals surface area contributed by atoms with Gasteiger partial charge in [0.15, 0.2) is 0 Å². The molecule has 0 saturated heterocycles. The largest absolute Gasteiger partial charge is 0.399 e. The van der Waals surface area contributed by atoms with Gasteiger partial charge in [-0.1, -0.05) is 0 Å². The Morgan fingerprint density at radius 2 is 1.71 bits per heavy atom. The van der Waals surface area contributed by atoms with Gasteiger partial charge in [-0.3, -0.25) is 4.79 Å². The number of anilines is 2. The van der Waals surface area contributed by atoms with Crippen LogP contribution in [-0.2, 0) is 0 Å². The van der Waals surface area contributed by atoms with Crippen molar-refractivity contribution in [1.82, 2.24) is 15.5 Å². The number of nitrogens with one attached hydrogen (secondary N) is 2. The minimum absolute atomic E-state index is 0.192. The molecule has 1 aromatic carbocycles. The molecule has 4 N–H and O–H groups in total. The highest BCUT2D eigenvalue weighted by Gasteiger charge is 2.13. The van der Waals surface area contributed by atoms with Gasteiger partial charge in [0.05, 0.1) is 5.56 Å². The summed E-state index contributed by atoms with van der Waals surface area (Å²) in [6.07, 6.45) is 0. The van der Waals surface area contributed by atoms with E-state index in [9.17, 15) is 9.59 Å². The lowest BCUT2D eigenvalue weighted by Crippen LogP contribution is -2.39. The molecule has 0 radical (unpaired) electrons. The van der Waals surface area contributed by atoms with Crippen LogP contribution < -0.4 is 21.3 Å². The van der Waals surface area contributed by atoms with E-state index in [0.29, 0.717) is 24.3 Å². The number of nitrogen functional groups attached to an aromatic ring is 1. The Morgan fingerprint density at radius 1 is 1.10 bits per heavy atom. The van der Waals surface area contributed by atoms with Crippen molar-refractivity contribution in [3.05, 3.63) is 23.8 Å². The average molecular weight is 293 g/mol. The van der Waals surface area contributed by atoms with Gasteiger partial charge < -0.3 is 26.2 Å². The first-order valence-electron chi connectivity index (χ1n) is 6.63. The number of nitrogens with two attached hydrogens (primary N) is 1. The Labute approximate surface area is 125 Å². The summed E-state index contributed by atoms with van der Waals surface area (Å²) < 4.78 is 0. The van der Waals surface area contributed by atoms with Crippen molar-refractivity contribution in [1.29, 1.82) is 0 Å². The summed E-state index contributed by atoms with van der Waals surface area (Å²) >= 11 is 0. The van der Waals surface area contributed by atoms with Crippen LogP contribution >= 0.6 is 0 Å². The number of carbonyl (C=O) groups excluding carboxylic acids is 2. The van der Waals surface area contributed by atoms with E-state index < -0.39 is 0 Å². The molecule has 116 valence electrons. The maximum absolute atomic E-state index is 12.2. The van der Waals surface area contributed by atoms with Gasteiger partial charge in [0.25, 0.3) is 5.91 Å². The molecule has 0 spiro atoms. The van der Waals surface area contributed by atoms with Crippen molar-refractivity contribution in [3.63, 3.8) is 0 Å². The number of amides is 3. The van der Waals surface area contributed by atoms with Crippen molar-refractivity contribution in [2.24, 2.45) is 0 Å². The molecular formula is C14H23N5O2. The molecule has 0 heterocycles. The van der Waals surface area contributed by atoms with Crippen LogP contribution in [0.4, 0.5) is 16.2 Å². The molecule has 0 bridgehead atoms. The third-order valence-corrected chi connectivity index (χ3v) is 2.84. The molecule has 0 aliphatic heterocycles. The van der Waals surface area contributed by atoms with Crippen LogP contribution in [0.3, 0.4) is 0 Å². The molecule has 0 aromatic heterocycles. The Balaban J connectivity index is 2.60. The lowest BCUT2D eigenvalue weighted by molar-refractivity contribution is 0.0954. The lowest BCUT2D eigenvalue weighted by atomic mass is 10.1. The molecule has 21 heavy (non-hydrogen) atoms. The van der Waals surface area contributed by atoms with Gasteiger partial charge in [0.2, 0.25) is 0 Å². The Morgan fingerprint density at radius 3 is 2.29 bits per heavy atom. The highest BCUT2D eigenvalue weighted by molar-refractivity contribution is 6.00. The third-order valence-electron chi connectivity index (χ3n) is 2.84. The zero-order valence-corrected chi connectivity index (χ0v) is 12.9. The van der Waals surface area contributed by atoms with Crippen LogP contribution in [0.25, 0.3) is 0 Å². The quantitative estimate of drug-likeness (QED) is 0.539. The van der Waals surface area contributed by atoms with Crippen molar-refractivity contribution in [2.75, 3.05) is 51.9 Å². The van der Waals surface area contributed by atoms with Crippen LogP contribution in [0.15, 0.2) is 18.2 Å². The van der Waals surface area contributed by atoms with Crippen LogP contribution in [0, 0.1) is 0 Å². The summed E-state index contributed by atoms with van der Waals surface area (Å²) in [5, 5.41) is 5.44. The Hall–Kier alpha value is -2.44. The van der Waals surface area contributed by atoms with Crippen molar-refractivity contribution in [3.8, 4) is 0 Å². The van der Waals surface area contributed by atoms with Gasteiger partial charge in [-0.25, -0.2) is 4.79 Å². The molecule has 1 rings (SSSR count). The van der Waals surface area contributed by atoms with Crippen LogP contribution in [0.1, 0.15) is 10.4 Å². The van der Waals surface area contributed by atoms with Gasteiger partial charge >= 0.3 is 6.03 Å². The molecule has 0 atom stereocenters. The van der Waals surface area contributed by atoms with Gasteiger partial charge in [-0.2, -0.15) is 0 Å². The number of carbonyl (C=O) groups is 2. The van der Waals surface area contributed by atoms with Crippen molar-refractivity contribution >= 4 is 23.3 Å². The Kier molecular flexibility index (Phi) is 5.83. The van der Waals surface area contributed by atoms with Gasteiger partial charge in [0, 0.05) is 52.7 Å². The Bertz CT molecular complexity index is 514. The van der Waals surface area contributed by atoms with Crippen molar-refractivity contribution in [2.45, 2.75) is 0 Å². The average Bonchev–Trinajstić information content (AvgIpc) is 2.42. The highest BCUT2D eigenvalue weighted by Crippen LogP contribution is 2.21. The molecule has 0 aliphatic carbocycles. The summed E-state index contributed by atoms with van der Waals surface area (Å²) in [4.78, 5) is 26.8. The summed E-state index contributed by atoms with van der Waals surface area (Å²) in [5.41, 5.74) is 7.57. The maximum atomic E-state index is 12.2. The molecule has 3 amide bonds. The first-order chi connectivity index (χ1) is 9.82. The van der Waals surface area contributed by atoms with Crippen molar-refractivity contribution < 1.29 is 9.59 Å². The maximum Gasteiger partial charge on any atom is 0.316 e. The second-order valence-electron chi connectivity index (χ2n) is 5.05. The number of benzene rings is 1. The fourth-order valence-corrected chi connectivity index (χ4v) is 1.72. The molecule has 0 aliphatic rings. The van der Waals surface area contributed by atoms with Gasteiger partial charge in [-0.15, -0.1) is 0 Å². The molecule has 1 aromatic rings. The normalized spacial score (nSPS) is 9.90. The molecular weight excluding hydrogens is 270 g/mol. The number of rotatable bonds is 5. The second kappa shape index (κ2) is 7.37. The lowest BCUT2D eigenvalue weighted by Gasteiger charge is -2.18. The molecule has 0 unspecified atom stereocenters. The van der Waals surface area contributed by atoms with Gasteiger partial charge in [0.1, 0.15) is 0 Å². The number of nitrogens with zero attached hydrogens (tertiary/aromatic N) is 2. The SMILES string of the molecule is CN(C)C(=O)NCCNC(=O)c1cc(N)ccc1N(C)C. The van der Waals surface area contributed by atoms with Crippen LogP contribution in [0.5, 0.6) is 0 Å². The summed E-state index contributed by atoms with van der Waals surface area (Å²) in [6, 6.07) is 5.01. The summed E-state index contributed by atoms with van der Waals surface area (Å²) in [6.45, 7) is 0.711. The topological polar surface area (TPSA) is 90.7 Å². The molecule has 0 fully saturated rings. The third kappa shape index (κ3) is 4.87. The van der Waals surface area contributed by atoms with Crippen LogP contribution in [0.2, 0.25) is 0 Å². The molecule has 7 heteroatoms. The monoisotopic (exact) mass is 293 g/mol. The molecule has 0 saturated carbocycles. The fourth-order valence-electron chi connectivity index (χ4n) is 1.72. The van der Waals surface area contributed by atoms with E-state index >= 15 is 0 Å². The number of urea groups is 1. The van der Waals surface area contributed by atoms with E-state index in [2.05, 4.69) is 10.6 Å². The zero-order valence-electron chi connectivity index (χ0n) is 12.9. The van der Waals surface area contributed by atoms with Crippen LogP contribution in [-0.4, -0.2) is 58.1 Å². The predicted molar refractivity (Wildman–Crippen MR) is 84.6 cm³/mol. The fraction of sp³-hybridized carbons (Fsp3) is 0.429. The van der Waals surface area contributed by atoms with Gasteiger partial charge in [-0.05, 0) is 18.2 Å². The van der Waals surface area contributed by atoms with E-state index in [0.717, 1.165) is 5.69 Å². The summed E-state index contributed by atoms with van der Waals surface area (Å²) in [5.74, 6) is -0.217. The van der Waals surface area contributed by atoms with E-state index in [1.165, 1.54) is 4.90 Å². The minimum atomic E-state index is -0.217. The summed E-state index contributed by atoms with van der Waals surface area (Å²) in [7, 11) is 7.03. The second-order valence-corrected chi connectivity index (χ2v) is 5.05. The first kappa shape index (κ1) is 16.6. The van der Waals surface area contributed by atoms with E-state index in [1.807, 2.05) is 19.0 Å². The molecule has 7 nitrogen and oxygen atoms in total. The number of hydrogen-bond acceptors (Lipinski definition) is 4.